The zero-order valence-corrected chi connectivity index (χ0v) is 14.5. The average molecular weight is 331 g/mol. The van der Waals surface area contributed by atoms with Gasteiger partial charge in [0.1, 0.15) is 5.60 Å². The molecule has 2 aliphatic rings. The van der Waals surface area contributed by atoms with Gasteiger partial charge in [-0.05, 0) is 63.0 Å². The number of aliphatic carboxylic acids is 1. The number of anilines is 1. The van der Waals surface area contributed by atoms with Crippen LogP contribution in [0.4, 0.5) is 10.5 Å². The lowest BCUT2D eigenvalue weighted by Gasteiger charge is -2.27. The lowest BCUT2D eigenvalue weighted by atomic mass is 9.88. The van der Waals surface area contributed by atoms with Crippen LogP contribution in [0.1, 0.15) is 57.1 Å². The number of hydrogen-bond donors (Lipinski definition) is 1. The number of hydrogen-bond acceptors (Lipinski definition) is 3. The van der Waals surface area contributed by atoms with E-state index in [0.29, 0.717) is 12.5 Å². The van der Waals surface area contributed by atoms with E-state index < -0.39 is 11.6 Å². The van der Waals surface area contributed by atoms with Crippen LogP contribution < -0.4 is 4.90 Å². The largest absolute Gasteiger partial charge is 0.481 e. The molecule has 1 aromatic rings. The van der Waals surface area contributed by atoms with Gasteiger partial charge in [0.15, 0.2) is 0 Å². The third-order valence-corrected chi connectivity index (χ3v) is 4.62. The molecule has 1 unspecified atom stereocenters. The summed E-state index contributed by atoms with van der Waals surface area (Å²) in [6.07, 6.45) is 2.68. The summed E-state index contributed by atoms with van der Waals surface area (Å²) in [6, 6.07) is 5.98. The van der Waals surface area contributed by atoms with Gasteiger partial charge in [-0.25, -0.2) is 4.79 Å². The first-order valence-electron chi connectivity index (χ1n) is 8.60. The fourth-order valence-corrected chi connectivity index (χ4v) is 3.50. The van der Waals surface area contributed by atoms with Gasteiger partial charge in [0.25, 0.3) is 0 Å². The number of para-hydroxylation sites is 1. The van der Waals surface area contributed by atoms with Crippen LogP contribution in [0.5, 0.6) is 0 Å². The fraction of sp³-hybridized carbons (Fsp3) is 0.579. The summed E-state index contributed by atoms with van der Waals surface area (Å²) in [4.78, 5) is 25.6. The fourth-order valence-electron chi connectivity index (χ4n) is 3.50. The Morgan fingerprint density at radius 1 is 1.33 bits per heavy atom. The van der Waals surface area contributed by atoms with Crippen molar-refractivity contribution in [1.82, 2.24) is 0 Å². The van der Waals surface area contributed by atoms with E-state index in [2.05, 4.69) is 0 Å². The molecule has 0 bridgehead atoms. The van der Waals surface area contributed by atoms with Gasteiger partial charge in [-0.15, -0.1) is 0 Å². The molecule has 1 fully saturated rings. The van der Waals surface area contributed by atoms with E-state index in [0.717, 1.165) is 36.1 Å². The van der Waals surface area contributed by atoms with Gasteiger partial charge in [0, 0.05) is 6.54 Å². The summed E-state index contributed by atoms with van der Waals surface area (Å²) in [5, 5.41) is 9.29. The molecular weight excluding hydrogens is 306 g/mol. The first kappa shape index (κ1) is 16.8. The standard InChI is InChI=1S/C19H25NO4/c1-19(2,3)24-18(23)20-10-9-13-5-4-6-14(17(13)20)15(11-16(21)22)12-7-8-12/h4-6,12,15H,7-11H2,1-3H3,(H,21,22). The molecule has 1 atom stereocenters. The number of amides is 1. The Hall–Kier alpha value is -2.04. The van der Waals surface area contributed by atoms with Crippen LogP contribution in [-0.2, 0) is 16.0 Å². The Bertz CT molecular complexity index is 658. The average Bonchev–Trinajstić information content (AvgIpc) is 3.20. The van der Waals surface area contributed by atoms with E-state index in [1.54, 1.807) is 4.90 Å². The monoisotopic (exact) mass is 331 g/mol. The van der Waals surface area contributed by atoms with E-state index in [9.17, 15) is 14.7 Å². The quantitative estimate of drug-likeness (QED) is 0.907. The van der Waals surface area contributed by atoms with Gasteiger partial charge in [0.2, 0.25) is 0 Å². The molecular formula is C19H25NO4. The van der Waals surface area contributed by atoms with Crippen LogP contribution in [0.25, 0.3) is 0 Å². The molecule has 24 heavy (non-hydrogen) atoms. The molecule has 0 saturated heterocycles. The Balaban J connectivity index is 1.94. The molecule has 1 aliphatic carbocycles. The zero-order chi connectivity index (χ0) is 17.5. The molecule has 1 amide bonds. The van der Waals surface area contributed by atoms with E-state index >= 15 is 0 Å². The predicted molar refractivity (Wildman–Crippen MR) is 91.4 cm³/mol. The summed E-state index contributed by atoms with van der Waals surface area (Å²) in [5.74, 6) is -0.402. The molecule has 3 rings (SSSR count). The minimum atomic E-state index is -0.786. The first-order chi connectivity index (χ1) is 11.3. The normalized spacial score (nSPS) is 18.2. The van der Waals surface area contributed by atoms with Gasteiger partial charge in [0.05, 0.1) is 12.1 Å². The van der Waals surface area contributed by atoms with Crippen molar-refractivity contribution < 1.29 is 19.4 Å². The minimum Gasteiger partial charge on any atom is -0.481 e. The number of rotatable bonds is 4. The lowest BCUT2D eigenvalue weighted by Crippen LogP contribution is -2.36. The number of carbonyl (C=O) groups is 2. The molecule has 5 nitrogen and oxygen atoms in total. The highest BCUT2D eigenvalue weighted by Gasteiger charge is 2.39. The van der Waals surface area contributed by atoms with E-state index in [-0.39, 0.29) is 18.4 Å². The molecule has 0 radical (unpaired) electrons. The summed E-state index contributed by atoms with van der Waals surface area (Å²) >= 11 is 0. The second-order valence-corrected chi connectivity index (χ2v) is 7.78. The van der Waals surface area contributed by atoms with E-state index in [4.69, 9.17) is 4.74 Å². The zero-order valence-electron chi connectivity index (χ0n) is 14.5. The van der Waals surface area contributed by atoms with Crippen LogP contribution >= 0.6 is 0 Å². The maximum Gasteiger partial charge on any atom is 0.414 e. The van der Waals surface area contributed by atoms with E-state index in [1.807, 2.05) is 39.0 Å². The number of ether oxygens (including phenoxy) is 1. The van der Waals surface area contributed by atoms with Gasteiger partial charge in [-0.3, -0.25) is 9.69 Å². The molecule has 1 aromatic carbocycles. The topological polar surface area (TPSA) is 66.8 Å². The van der Waals surface area contributed by atoms with Crippen molar-refractivity contribution >= 4 is 17.7 Å². The van der Waals surface area contributed by atoms with Crippen LogP contribution in [0.2, 0.25) is 0 Å². The molecule has 5 heteroatoms. The number of fused-ring (bicyclic) bond motifs is 1. The van der Waals surface area contributed by atoms with Crippen molar-refractivity contribution in [2.24, 2.45) is 5.92 Å². The van der Waals surface area contributed by atoms with Gasteiger partial charge < -0.3 is 9.84 Å². The van der Waals surface area contributed by atoms with Crippen LogP contribution in [-0.4, -0.2) is 29.3 Å². The Morgan fingerprint density at radius 2 is 2.04 bits per heavy atom. The van der Waals surface area contributed by atoms with Crippen molar-refractivity contribution in [2.75, 3.05) is 11.4 Å². The molecule has 1 N–H and O–H groups in total. The van der Waals surface area contributed by atoms with Crippen molar-refractivity contribution in [3.8, 4) is 0 Å². The van der Waals surface area contributed by atoms with Crippen LogP contribution in [0, 0.1) is 5.92 Å². The predicted octanol–water partition coefficient (Wildman–Crippen LogP) is 3.95. The molecule has 1 aliphatic heterocycles. The molecule has 0 aromatic heterocycles. The Labute approximate surface area is 142 Å². The van der Waals surface area contributed by atoms with E-state index in [1.165, 1.54) is 0 Å². The van der Waals surface area contributed by atoms with Crippen LogP contribution in [0.15, 0.2) is 18.2 Å². The highest BCUT2D eigenvalue weighted by atomic mass is 16.6. The van der Waals surface area contributed by atoms with Crippen molar-refractivity contribution in [1.29, 1.82) is 0 Å². The second-order valence-electron chi connectivity index (χ2n) is 7.78. The Morgan fingerprint density at radius 3 is 2.62 bits per heavy atom. The van der Waals surface area contributed by atoms with Crippen LogP contribution in [0.3, 0.4) is 0 Å². The number of benzene rings is 1. The maximum atomic E-state index is 12.6. The number of carboxylic acids is 1. The summed E-state index contributed by atoms with van der Waals surface area (Å²) < 4.78 is 5.54. The lowest BCUT2D eigenvalue weighted by molar-refractivity contribution is -0.137. The third-order valence-electron chi connectivity index (χ3n) is 4.62. The number of carbonyl (C=O) groups excluding carboxylic acids is 1. The van der Waals surface area contributed by atoms with Gasteiger partial charge in [-0.2, -0.15) is 0 Å². The van der Waals surface area contributed by atoms with Crippen molar-refractivity contribution in [3.63, 3.8) is 0 Å². The maximum absolute atomic E-state index is 12.6. The molecule has 1 heterocycles. The SMILES string of the molecule is CC(C)(C)OC(=O)N1CCc2cccc(C(CC(=O)O)C3CC3)c21. The molecule has 130 valence electrons. The minimum absolute atomic E-state index is 0.0273. The van der Waals surface area contributed by atoms with Gasteiger partial charge in [-0.1, -0.05) is 18.2 Å². The Kier molecular flexibility index (Phi) is 4.28. The smallest absolute Gasteiger partial charge is 0.414 e. The summed E-state index contributed by atoms with van der Waals surface area (Å²) in [7, 11) is 0. The number of nitrogens with zero attached hydrogens (tertiary/aromatic N) is 1. The van der Waals surface area contributed by atoms with Crippen molar-refractivity contribution in [2.45, 2.75) is 58.0 Å². The third kappa shape index (κ3) is 3.55. The van der Waals surface area contributed by atoms with Crippen molar-refractivity contribution in [3.05, 3.63) is 29.3 Å². The molecule has 1 saturated carbocycles. The highest BCUT2D eigenvalue weighted by Crippen LogP contribution is 2.48. The summed E-state index contributed by atoms with van der Waals surface area (Å²) in [6.45, 7) is 6.15. The second kappa shape index (κ2) is 6.11. The molecule has 0 spiro atoms. The van der Waals surface area contributed by atoms with Gasteiger partial charge >= 0.3 is 12.1 Å². The number of carboxylic acid groups (broad SMARTS) is 1. The first-order valence-corrected chi connectivity index (χ1v) is 8.60. The summed E-state index contributed by atoms with van der Waals surface area (Å²) in [5.41, 5.74) is 2.42. The highest BCUT2D eigenvalue weighted by molar-refractivity contribution is 5.92.